The average Bonchev–Trinajstić information content (AvgIpc) is 2.70. The minimum Gasteiger partial charge on any atom is -0.387 e. The first-order valence-electron chi connectivity index (χ1n) is 5.03. The molecule has 4 heteroatoms. The van der Waals surface area contributed by atoms with Crippen LogP contribution in [0.15, 0.2) is 11.4 Å². The van der Waals surface area contributed by atoms with E-state index in [1.165, 1.54) is 11.5 Å². The lowest BCUT2D eigenvalue weighted by Crippen LogP contribution is -2.38. The molecule has 78 valence electrons. The molecule has 0 aromatic carbocycles. The lowest BCUT2D eigenvalue weighted by Gasteiger charge is -2.35. The Kier molecular flexibility index (Phi) is 2.85. The lowest BCUT2D eigenvalue weighted by atomic mass is 9.80. The van der Waals surface area contributed by atoms with Crippen LogP contribution in [0.25, 0.3) is 0 Å². The Balaban J connectivity index is 2.13. The predicted molar refractivity (Wildman–Crippen MR) is 55.1 cm³/mol. The van der Waals surface area contributed by atoms with Gasteiger partial charge in [0.25, 0.3) is 0 Å². The van der Waals surface area contributed by atoms with Crippen molar-refractivity contribution in [1.29, 1.82) is 0 Å². The summed E-state index contributed by atoms with van der Waals surface area (Å²) in [7, 11) is 0. The molecule has 1 heterocycles. The van der Waals surface area contributed by atoms with Crippen molar-refractivity contribution in [3.8, 4) is 0 Å². The van der Waals surface area contributed by atoms with E-state index in [0.29, 0.717) is 18.5 Å². The molecule has 0 aliphatic heterocycles. The Morgan fingerprint density at radius 2 is 2.07 bits per heavy atom. The number of rotatable bonds is 2. The molecule has 0 radical (unpaired) electrons. The third-order valence-corrected chi connectivity index (χ3v) is 3.54. The van der Waals surface area contributed by atoms with E-state index < -0.39 is 11.7 Å². The van der Waals surface area contributed by atoms with E-state index in [1.807, 2.05) is 5.38 Å². The fourth-order valence-electron chi connectivity index (χ4n) is 2.08. The van der Waals surface area contributed by atoms with Gasteiger partial charge >= 0.3 is 0 Å². The van der Waals surface area contributed by atoms with Gasteiger partial charge in [0.15, 0.2) is 0 Å². The zero-order chi connectivity index (χ0) is 10.0. The summed E-state index contributed by atoms with van der Waals surface area (Å²) in [5.41, 5.74) is -0.328. The maximum absolute atomic E-state index is 10.2. The average molecular weight is 213 g/mol. The van der Waals surface area contributed by atoms with Crippen LogP contribution >= 0.6 is 11.5 Å². The van der Waals surface area contributed by atoms with E-state index >= 15 is 0 Å². The summed E-state index contributed by atoms with van der Waals surface area (Å²) in [6.07, 6.45) is 3.72. The van der Waals surface area contributed by atoms with Crippen molar-refractivity contribution in [1.82, 2.24) is 4.37 Å². The lowest BCUT2D eigenvalue weighted by molar-refractivity contribution is -0.100. The minimum absolute atomic E-state index is 0.611. The summed E-state index contributed by atoms with van der Waals surface area (Å²) >= 11 is 1.31. The maximum Gasteiger partial charge on any atom is 0.126 e. The molecule has 0 amide bonds. The third-order valence-electron chi connectivity index (χ3n) is 2.97. The summed E-state index contributed by atoms with van der Waals surface area (Å²) < 4.78 is 4.07. The van der Waals surface area contributed by atoms with Gasteiger partial charge in [-0.25, -0.2) is 0 Å². The molecule has 1 fully saturated rings. The number of aliphatic hydroxyl groups is 2. The van der Waals surface area contributed by atoms with E-state index in [9.17, 15) is 10.2 Å². The molecule has 1 unspecified atom stereocenters. The molecule has 1 aromatic heterocycles. The van der Waals surface area contributed by atoms with E-state index in [2.05, 4.69) is 4.37 Å². The molecule has 2 rings (SSSR count). The van der Waals surface area contributed by atoms with Crippen LogP contribution in [0.3, 0.4) is 0 Å². The zero-order valence-electron chi connectivity index (χ0n) is 8.02. The molecule has 14 heavy (non-hydrogen) atoms. The Hall–Kier alpha value is -0.450. The molecule has 1 aliphatic carbocycles. The molecule has 2 N–H and O–H groups in total. The normalized spacial score (nSPS) is 23.3. The van der Waals surface area contributed by atoms with Gasteiger partial charge in [0.2, 0.25) is 0 Å². The standard InChI is InChI=1S/C10H15NO2S/c12-9(8-4-7-14-11-8)10(13)5-2-1-3-6-10/h4,7,9,12-13H,1-3,5-6H2. The summed E-state index contributed by atoms with van der Waals surface area (Å²) in [5, 5.41) is 22.0. The highest BCUT2D eigenvalue weighted by atomic mass is 32.1. The van der Waals surface area contributed by atoms with Crippen LogP contribution in [0, 0.1) is 0 Å². The molecule has 1 aromatic rings. The second-order valence-electron chi connectivity index (χ2n) is 3.99. The number of aromatic nitrogens is 1. The van der Waals surface area contributed by atoms with Crippen LogP contribution in [0.4, 0.5) is 0 Å². The smallest absolute Gasteiger partial charge is 0.126 e. The molecule has 1 saturated carbocycles. The van der Waals surface area contributed by atoms with Crippen molar-refractivity contribution >= 4 is 11.5 Å². The summed E-state index contributed by atoms with van der Waals surface area (Å²) in [5.74, 6) is 0. The van der Waals surface area contributed by atoms with Gasteiger partial charge in [0.1, 0.15) is 6.10 Å². The van der Waals surface area contributed by atoms with Crippen LogP contribution in [0.2, 0.25) is 0 Å². The highest BCUT2D eigenvalue weighted by Gasteiger charge is 2.38. The Morgan fingerprint density at radius 3 is 2.64 bits per heavy atom. The first-order valence-corrected chi connectivity index (χ1v) is 5.87. The monoisotopic (exact) mass is 213 g/mol. The quantitative estimate of drug-likeness (QED) is 0.788. The van der Waals surface area contributed by atoms with Crippen LogP contribution in [-0.2, 0) is 0 Å². The molecular formula is C10H15NO2S. The van der Waals surface area contributed by atoms with E-state index in [1.54, 1.807) is 6.07 Å². The number of aliphatic hydroxyl groups excluding tert-OH is 1. The van der Waals surface area contributed by atoms with Crippen molar-refractivity contribution < 1.29 is 10.2 Å². The highest BCUT2D eigenvalue weighted by molar-refractivity contribution is 7.03. The van der Waals surface area contributed by atoms with E-state index in [4.69, 9.17) is 0 Å². The molecule has 1 aliphatic rings. The highest BCUT2D eigenvalue weighted by Crippen LogP contribution is 2.37. The van der Waals surface area contributed by atoms with Crippen molar-refractivity contribution in [3.05, 3.63) is 17.1 Å². The van der Waals surface area contributed by atoms with E-state index in [0.717, 1.165) is 19.3 Å². The van der Waals surface area contributed by atoms with Crippen LogP contribution < -0.4 is 0 Å². The zero-order valence-corrected chi connectivity index (χ0v) is 8.83. The first kappa shape index (κ1) is 10.1. The van der Waals surface area contributed by atoms with Gasteiger partial charge in [-0.1, -0.05) is 19.3 Å². The minimum atomic E-state index is -0.938. The van der Waals surface area contributed by atoms with E-state index in [-0.39, 0.29) is 0 Å². The molecule has 0 saturated heterocycles. The largest absolute Gasteiger partial charge is 0.387 e. The van der Waals surface area contributed by atoms with Crippen LogP contribution in [-0.4, -0.2) is 20.2 Å². The first-order chi connectivity index (χ1) is 6.72. The summed E-state index contributed by atoms with van der Waals surface area (Å²) in [6, 6.07) is 1.78. The molecule has 3 nitrogen and oxygen atoms in total. The van der Waals surface area contributed by atoms with Gasteiger partial charge in [-0.15, -0.1) is 0 Å². The fraction of sp³-hybridized carbons (Fsp3) is 0.700. The van der Waals surface area contributed by atoms with Gasteiger partial charge in [-0.2, -0.15) is 4.37 Å². The third kappa shape index (κ3) is 1.82. The topological polar surface area (TPSA) is 53.4 Å². The van der Waals surface area contributed by atoms with Gasteiger partial charge in [-0.3, -0.25) is 0 Å². The van der Waals surface area contributed by atoms with Crippen molar-refractivity contribution in [2.75, 3.05) is 0 Å². The Bertz CT molecular complexity index is 280. The Morgan fingerprint density at radius 1 is 1.36 bits per heavy atom. The number of hydrogen-bond donors (Lipinski definition) is 2. The van der Waals surface area contributed by atoms with Gasteiger partial charge in [0.05, 0.1) is 11.3 Å². The van der Waals surface area contributed by atoms with Crippen LogP contribution in [0.1, 0.15) is 43.9 Å². The van der Waals surface area contributed by atoms with Gasteiger partial charge in [0, 0.05) is 5.38 Å². The second-order valence-corrected chi connectivity index (χ2v) is 4.66. The van der Waals surface area contributed by atoms with Crippen LogP contribution in [0.5, 0.6) is 0 Å². The Labute approximate surface area is 87.6 Å². The SMILES string of the molecule is OC(c1ccsn1)C1(O)CCCCC1. The number of nitrogens with zero attached hydrogens (tertiary/aromatic N) is 1. The fourth-order valence-corrected chi connectivity index (χ4v) is 2.62. The second kappa shape index (κ2) is 3.96. The molecular weight excluding hydrogens is 198 g/mol. The molecule has 1 atom stereocenters. The molecule has 0 bridgehead atoms. The van der Waals surface area contributed by atoms with Gasteiger partial charge < -0.3 is 10.2 Å². The molecule has 0 spiro atoms. The summed E-state index contributed by atoms with van der Waals surface area (Å²) in [6.45, 7) is 0. The van der Waals surface area contributed by atoms with Crippen molar-refractivity contribution in [2.24, 2.45) is 0 Å². The van der Waals surface area contributed by atoms with Crippen molar-refractivity contribution in [2.45, 2.75) is 43.8 Å². The summed E-state index contributed by atoms with van der Waals surface area (Å²) in [4.78, 5) is 0. The van der Waals surface area contributed by atoms with Crippen molar-refractivity contribution in [3.63, 3.8) is 0 Å². The van der Waals surface area contributed by atoms with Gasteiger partial charge in [-0.05, 0) is 30.4 Å². The predicted octanol–water partition coefficient (Wildman–Crippen LogP) is 1.87. The number of hydrogen-bond acceptors (Lipinski definition) is 4. The maximum atomic E-state index is 10.2.